The van der Waals surface area contributed by atoms with E-state index in [0.29, 0.717) is 68.7 Å². The number of fused-ring (bicyclic) bond motifs is 1. The van der Waals surface area contributed by atoms with Crippen LogP contribution in [0.4, 0.5) is 0 Å². The lowest BCUT2D eigenvalue weighted by atomic mass is 10.1. The third kappa shape index (κ3) is 4.13. The van der Waals surface area contributed by atoms with E-state index in [0.717, 1.165) is 13.0 Å². The maximum Gasteiger partial charge on any atom is 0.156 e. The number of halogens is 3. The number of methoxy groups -OCH3 is 2. The van der Waals surface area contributed by atoms with Gasteiger partial charge in [-0.2, -0.15) is 0 Å². The molecule has 4 rings (SSSR count). The summed E-state index contributed by atoms with van der Waals surface area (Å²) in [4.78, 5) is 13.5. The molecule has 30 heavy (non-hydrogen) atoms. The predicted molar refractivity (Wildman–Crippen MR) is 117 cm³/mol. The molecule has 7 nitrogen and oxygen atoms in total. The molecule has 1 aliphatic heterocycles. The van der Waals surface area contributed by atoms with Gasteiger partial charge >= 0.3 is 0 Å². The van der Waals surface area contributed by atoms with Crippen LogP contribution in [0, 0.1) is 0 Å². The SMILES string of the molecule is COc1cc(OC)c(Cl)c(-c2cc3cnc(CN[C@H]4CCOC4)nc3c(Cl)n2)c1Cl. The number of rotatable bonds is 6. The average Bonchev–Trinajstić information content (AvgIpc) is 3.26. The lowest BCUT2D eigenvalue weighted by molar-refractivity contribution is 0.189. The maximum atomic E-state index is 6.51. The second-order valence-corrected chi connectivity index (χ2v) is 7.86. The standard InChI is InChI=1S/C20H19Cl3N4O3/c1-28-13-6-14(29-2)18(22)16(17(13)21)12-5-10-7-25-15(27-19(10)20(23)26-12)8-24-11-3-4-30-9-11/h5-7,11,24H,3-4,8-9H2,1-2H3/t11-/m0/s1. The van der Waals surface area contributed by atoms with Gasteiger partial charge in [0.15, 0.2) is 5.15 Å². The van der Waals surface area contributed by atoms with E-state index in [1.54, 1.807) is 18.3 Å². The first-order valence-corrected chi connectivity index (χ1v) is 10.4. The van der Waals surface area contributed by atoms with Gasteiger partial charge in [-0.25, -0.2) is 15.0 Å². The number of nitrogens with one attached hydrogen (secondary N) is 1. The van der Waals surface area contributed by atoms with E-state index >= 15 is 0 Å². The Hall–Kier alpha value is -1.90. The molecule has 3 aromatic rings. The van der Waals surface area contributed by atoms with E-state index in [4.69, 9.17) is 49.0 Å². The van der Waals surface area contributed by atoms with Crippen molar-refractivity contribution in [2.45, 2.75) is 19.0 Å². The van der Waals surface area contributed by atoms with Crippen molar-refractivity contribution < 1.29 is 14.2 Å². The van der Waals surface area contributed by atoms with Gasteiger partial charge in [-0.05, 0) is 12.5 Å². The number of hydrogen-bond acceptors (Lipinski definition) is 7. The molecule has 1 aromatic carbocycles. The Labute approximate surface area is 188 Å². The van der Waals surface area contributed by atoms with Crippen molar-refractivity contribution >= 4 is 45.7 Å². The van der Waals surface area contributed by atoms with Crippen LogP contribution in [0.2, 0.25) is 15.2 Å². The zero-order valence-corrected chi connectivity index (χ0v) is 18.6. The highest BCUT2D eigenvalue weighted by molar-refractivity contribution is 6.41. The van der Waals surface area contributed by atoms with Crippen LogP contribution in [0.15, 0.2) is 18.3 Å². The second kappa shape index (κ2) is 9.08. The molecular formula is C20H19Cl3N4O3. The van der Waals surface area contributed by atoms with Gasteiger partial charge in [0.1, 0.15) is 22.8 Å². The lowest BCUT2D eigenvalue weighted by Crippen LogP contribution is -2.29. The van der Waals surface area contributed by atoms with Crippen molar-refractivity contribution in [2.75, 3.05) is 27.4 Å². The third-order valence-corrected chi connectivity index (χ3v) is 5.90. The number of ether oxygens (including phenoxy) is 3. The summed E-state index contributed by atoms with van der Waals surface area (Å²) >= 11 is 19.5. The normalized spacial score (nSPS) is 16.2. The van der Waals surface area contributed by atoms with Crippen molar-refractivity contribution in [1.82, 2.24) is 20.3 Å². The van der Waals surface area contributed by atoms with Crippen LogP contribution in [-0.2, 0) is 11.3 Å². The summed E-state index contributed by atoms with van der Waals surface area (Å²) in [5.74, 6) is 1.46. The van der Waals surface area contributed by atoms with Crippen molar-refractivity contribution in [1.29, 1.82) is 0 Å². The van der Waals surface area contributed by atoms with Crippen LogP contribution < -0.4 is 14.8 Å². The minimum atomic E-state index is 0.226. The van der Waals surface area contributed by atoms with E-state index in [-0.39, 0.29) is 5.15 Å². The molecule has 0 amide bonds. The first kappa shape index (κ1) is 21.3. The van der Waals surface area contributed by atoms with Crippen molar-refractivity contribution in [3.8, 4) is 22.8 Å². The summed E-state index contributed by atoms with van der Waals surface area (Å²) in [5, 5.41) is 4.95. The first-order chi connectivity index (χ1) is 14.5. The van der Waals surface area contributed by atoms with Crippen LogP contribution in [0.25, 0.3) is 22.2 Å². The quantitative estimate of drug-likeness (QED) is 0.531. The Balaban J connectivity index is 1.72. The number of pyridine rings is 1. The molecule has 0 spiro atoms. The fraction of sp³-hybridized carbons (Fsp3) is 0.350. The molecule has 0 radical (unpaired) electrons. The molecule has 10 heteroatoms. The zero-order chi connectivity index (χ0) is 21.3. The highest BCUT2D eigenvalue weighted by atomic mass is 35.5. The Kier molecular flexibility index (Phi) is 6.46. The smallest absolute Gasteiger partial charge is 0.156 e. The minimum absolute atomic E-state index is 0.226. The van der Waals surface area contributed by atoms with Gasteiger partial charge in [0.05, 0.1) is 43.1 Å². The topological polar surface area (TPSA) is 78.4 Å². The monoisotopic (exact) mass is 468 g/mol. The van der Waals surface area contributed by atoms with Crippen LogP contribution in [0.5, 0.6) is 11.5 Å². The van der Waals surface area contributed by atoms with Crippen LogP contribution in [0.1, 0.15) is 12.2 Å². The summed E-state index contributed by atoms with van der Waals surface area (Å²) in [6, 6.07) is 3.72. The third-order valence-electron chi connectivity index (χ3n) is 4.88. The Morgan fingerprint density at radius 3 is 2.47 bits per heavy atom. The molecule has 0 aliphatic carbocycles. The predicted octanol–water partition coefficient (Wildman–Crippen LogP) is 4.55. The van der Waals surface area contributed by atoms with Crippen molar-refractivity contribution in [2.24, 2.45) is 0 Å². The molecule has 2 aromatic heterocycles. The van der Waals surface area contributed by atoms with E-state index in [9.17, 15) is 0 Å². The Morgan fingerprint density at radius 1 is 1.10 bits per heavy atom. The van der Waals surface area contributed by atoms with Crippen molar-refractivity contribution in [3.05, 3.63) is 39.4 Å². The van der Waals surface area contributed by atoms with Gasteiger partial charge in [0.2, 0.25) is 0 Å². The van der Waals surface area contributed by atoms with E-state index < -0.39 is 0 Å². The van der Waals surface area contributed by atoms with E-state index in [1.165, 1.54) is 14.2 Å². The molecule has 0 saturated carbocycles. The highest BCUT2D eigenvalue weighted by Crippen LogP contribution is 2.46. The van der Waals surface area contributed by atoms with Gasteiger partial charge in [0, 0.05) is 35.9 Å². The highest BCUT2D eigenvalue weighted by Gasteiger charge is 2.21. The number of hydrogen-bond donors (Lipinski definition) is 1. The molecule has 0 unspecified atom stereocenters. The van der Waals surface area contributed by atoms with E-state index in [2.05, 4.69) is 20.3 Å². The Bertz CT molecular complexity index is 1060. The van der Waals surface area contributed by atoms with Gasteiger partial charge in [-0.15, -0.1) is 0 Å². The van der Waals surface area contributed by atoms with Crippen LogP contribution in [0.3, 0.4) is 0 Å². The molecular weight excluding hydrogens is 451 g/mol. The number of nitrogens with zero attached hydrogens (tertiary/aromatic N) is 3. The lowest BCUT2D eigenvalue weighted by Gasteiger charge is -2.15. The summed E-state index contributed by atoms with van der Waals surface area (Å²) in [6.07, 6.45) is 2.69. The molecule has 0 bridgehead atoms. The zero-order valence-electron chi connectivity index (χ0n) is 16.3. The fourth-order valence-corrected chi connectivity index (χ4v) is 4.23. The summed E-state index contributed by atoms with van der Waals surface area (Å²) in [7, 11) is 3.03. The van der Waals surface area contributed by atoms with Gasteiger partial charge in [-0.1, -0.05) is 34.8 Å². The fourth-order valence-electron chi connectivity index (χ4n) is 3.29. The largest absolute Gasteiger partial charge is 0.495 e. The minimum Gasteiger partial charge on any atom is -0.495 e. The van der Waals surface area contributed by atoms with Crippen LogP contribution >= 0.6 is 34.8 Å². The van der Waals surface area contributed by atoms with Gasteiger partial charge < -0.3 is 19.5 Å². The second-order valence-electron chi connectivity index (χ2n) is 6.75. The molecule has 1 saturated heterocycles. The molecule has 1 fully saturated rings. The summed E-state index contributed by atoms with van der Waals surface area (Å²) in [5.41, 5.74) is 1.49. The number of aromatic nitrogens is 3. The van der Waals surface area contributed by atoms with E-state index in [1.807, 2.05) is 0 Å². The average molecular weight is 470 g/mol. The maximum absolute atomic E-state index is 6.51. The Morgan fingerprint density at radius 2 is 1.83 bits per heavy atom. The summed E-state index contributed by atoms with van der Waals surface area (Å²) in [6.45, 7) is 1.99. The van der Waals surface area contributed by atoms with Gasteiger partial charge in [0.25, 0.3) is 0 Å². The molecule has 3 heterocycles. The molecule has 1 atom stereocenters. The first-order valence-electron chi connectivity index (χ1n) is 9.25. The van der Waals surface area contributed by atoms with Crippen LogP contribution in [-0.4, -0.2) is 48.4 Å². The summed E-state index contributed by atoms with van der Waals surface area (Å²) < 4.78 is 16.0. The molecule has 1 N–H and O–H groups in total. The number of benzene rings is 1. The van der Waals surface area contributed by atoms with Gasteiger partial charge in [-0.3, -0.25) is 0 Å². The van der Waals surface area contributed by atoms with Crippen molar-refractivity contribution in [3.63, 3.8) is 0 Å². The molecule has 158 valence electrons. The molecule has 1 aliphatic rings.